The molecule has 0 aliphatic carbocycles. The van der Waals surface area contributed by atoms with Gasteiger partial charge in [0, 0.05) is 28.2 Å². The molecular weight excluding hydrogens is 486 g/mol. The molecule has 0 saturated heterocycles. The molecule has 0 atom stereocenters. The van der Waals surface area contributed by atoms with Gasteiger partial charge in [0.15, 0.2) is 0 Å². The van der Waals surface area contributed by atoms with Gasteiger partial charge in [-0.3, -0.25) is 4.31 Å². The van der Waals surface area contributed by atoms with E-state index in [1.807, 2.05) is 0 Å². The van der Waals surface area contributed by atoms with Crippen LogP contribution in [0.4, 0.5) is 18.9 Å². The summed E-state index contributed by atoms with van der Waals surface area (Å²) in [6.45, 7) is 1.63. The van der Waals surface area contributed by atoms with Gasteiger partial charge in [0.05, 0.1) is 16.1 Å². The maximum Gasteiger partial charge on any atom is 0.416 e. The molecule has 32 heavy (non-hydrogen) atoms. The fourth-order valence-electron chi connectivity index (χ4n) is 3.01. The number of halogens is 5. The molecule has 170 valence electrons. The Labute approximate surface area is 194 Å². The number of rotatable bonds is 7. The molecular formula is C22H18Cl2F3NO3S. The lowest BCUT2D eigenvalue weighted by atomic mass is 10.2. The first-order valence-electron chi connectivity index (χ1n) is 9.39. The van der Waals surface area contributed by atoms with Crippen molar-refractivity contribution in [1.29, 1.82) is 0 Å². The zero-order chi connectivity index (χ0) is 23.5. The molecule has 0 unspecified atom stereocenters. The molecule has 0 spiro atoms. The largest absolute Gasteiger partial charge is 0.489 e. The summed E-state index contributed by atoms with van der Waals surface area (Å²) in [4.78, 5) is -0.455. The Bertz CT molecular complexity index is 1200. The lowest BCUT2D eigenvalue weighted by Gasteiger charge is -2.24. The van der Waals surface area contributed by atoms with Gasteiger partial charge in [-0.1, -0.05) is 41.4 Å². The van der Waals surface area contributed by atoms with Crippen LogP contribution in [0.25, 0.3) is 0 Å². The van der Waals surface area contributed by atoms with E-state index in [-0.39, 0.29) is 18.8 Å². The fourth-order valence-corrected chi connectivity index (χ4v) is 5.02. The second-order valence-corrected chi connectivity index (χ2v) is 9.36. The van der Waals surface area contributed by atoms with Gasteiger partial charge in [0.25, 0.3) is 10.0 Å². The molecule has 0 radical (unpaired) electrons. The molecule has 3 aromatic carbocycles. The van der Waals surface area contributed by atoms with Crippen LogP contribution in [0.2, 0.25) is 10.0 Å². The van der Waals surface area contributed by atoms with Crippen molar-refractivity contribution in [3.8, 4) is 5.75 Å². The topological polar surface area (TPSA) is 46.6 Å². The number of alkyl halides is 3. The van der Waals surface area contributed by atoms with Crippen LogP contribution >= 0.6 is 23.2 Å². The third kappa shape index (κ3) is 5.31. The third-order valence-electron chi connectivity index (χ3n) is 4.59. The molecule has 3 aromatic rings. The molecule has 0 aliphatic heterocycles. The normalized spacial score (nSPS) is 11.9. The fraction of sp³-hybridized carbons (Fsp3) is 0.182. The first-order valence-corrected chi connectivity index (χ1v) is 11.6. The molecule has 0 bridgehead atoms. The first kappa shape index (κ1) is 24.2. The van der Waals surface area contributed by atoms with Gasteiger partial charge in [-0.25, -0.2) is 8.42 Å². The molecule has 0 N–H and O–H groups in total. The van der Waals surface area contributed by atoms with Crippen LogP contribution in [-0.4, -0.2) is 15.0 Å². The predicted octanol–water partition coefficient (Wildman–Crippen LogP) is 6.81. The van der Waals surface area contributed by atoms with Crippen LogP contribution in [0, 0.1) is 0 Å². The van der Waals surface area contributed by atoms with Crippen molar-refractivity contribution >= 4 is 38.9 Å². The Morgan fingerprint density at radius 3 is 2.19 bits per heavy atom. The lowest BCUT2D eigenvalue weighted by Crippen LogP contribution is -2.31. The van der Waals surface area contributed by atoms with E-state index in [9.17, 15) is 21.6 Å². The van der Waals surface area contributed by atoms with Crippen LogP contribution in [-0.2, 0) is 22.8 Å². The number of sulfonamides is 1. The monoisotopic (exact) mass is 503 g/mol. The van der Waals surface area contributed by atoms with Crippen LogP contribution < -0.4 is 9.04 Å². The molecule has 10 heteroatoms. The summed E-state index contributed by atoms with van der Waals surface area (Å²) in [7, 11) is -4.25. The number of hydrogen-bond donors (Lipinski definition) is 0. The van der Waals surface area contributed by atoms with Crippen molar-refractivity contribution in [2.75, 3.05) is 10.8 Å². The molecule has 0 heterocycles. The van der Waals surface area contributed by atoms with Crippen LogP contribution in [0.5, 0.6) is 5.75 Å². The van der Waals surface area contributed by atoms with Crippen molar-refractivity contribution in [2.45, 2.75) is 24.6 Å². The molecule has 0 aromatic heterocycles. The minimum atomic E-state index is -4.66. The van der Waals surface area contributed by atoms with Crippen LogP contribution in [0.3, 0.4) is 0 Å². The van der Waals surface area contributed by atoms with Gasteiger partial charge in [-0.2, -0.15) is 13.2 Å². The maximum atomic E-state index is 13.1. The van der Waals surface area contributed by atoms with Crippen molar-refractivity contribution in [3.05, 3.63) is 87.9 Å². The van der Waals surface area contributed by atoms with E-state index in [0.29, 0.717) is 27.4 Å². The molecule has 0 amide bonds. The number of nitrogens with zero attached hydrogens (tertiary/aromatic N) is 1. The van der Waals surface area contributed by atoms with Crippen molar-refractivity contribution in [1.82, 2.24) is 0 Å². The summed E-state index contributed by atoms with van der Waals surface area (Å²) in [6.07, 6.45) is -4.66. The average Bonchev–Trinajstić information content (AvgIpc) is 2.73. The van der Waals surface area contributed by atoms with Crippen molar-refractivity contribution in [3.63, 3.8) is 0 Å². The van der Waals surface area contributed by atoms with Gasteiger partial charge < -0.3 is 4.74 Å². The smallest absolute Gasteiger partial charge is 0.416 e. The van der Waals surface area contributed by atoms with Gasteiger partial charge in [-0.05, 0) is 49.4 Å². The van der Waals surface area contributed by atoms with E-state index < -0.39 is 26.7 Å². The summed E-state index contributed by atoms with van der Waals surface area (Å²) < 4.78 is 72.1. The van der Waals surface area contributed by atoms with Gasteiger partial charge in [0.1, 0.15) is 12.4 Å². The molecule has 0 saturated carbocycles. The minimum absolute atomic E-state index is 0.00161. The van der Waals surface area contributed by atoms with Gasteiger partial charge in [-0.15, -0.1) is 0 Å². The van der Waals surface area contributed by atoms with Gasteiger partial charge in [0.2, 0.25) is 0 Å². The first-order chi connectivity index (χ1) is 15.0. The zero-order valence-electron chi connectivity index (χ0n) is 16.7. The van der Waals surface area contributed by atoms with Crippen molar-refractivity contribution < 1.29 is 26.3 Å². The van der Waals surface area contributed by atoms with E-state index in [1.54, 1.807) is 37.3 Å². The summed E-state index contributed by atoms with van der Waals surface area (Å²) >= 11 is 12.3. The Morgan fingerprint density at radius 2 is 1.56 bits per heavy atom. The Hall–Kier alpha value is -2.42. The highest BCUT2D eigenvalue weighted by atomic mass is 35.5. The molecule has 0 aliphatic rings. The third-order valence-corrected chi connectivity index (χ3v) is 7.19. The summed E-state index contributed by atoms with van der Waals surface area (Å²) in [6, 6.07) is 14.9. The highest BCUT2D eigenvalue weighted by molar-refractivity contribution is 7.92. The number of anilines is 1. The molecule has 3 rings (SSSR count). The highest BCUT2D eigenvalue weighted by Crippen LogP contribution is 2.33. The van der Waals surface area contributed by atoms with Crippen molar-refractivity contribution in [2.24, 2.45) is 0 Å². The second kappa shape index (κ2) is 9.60. The number of hydrogen-bond acceptors (Lipinski definition) is 3. The minimum Gasteiger partial charge on any atom is -0.489 e. The summed E-state index contributed by atoms with van der Waals surface area (Å²) in [5, 5.41) is 0.854. The summed E-state index contributed by atoms with van der Waals surface area (Å²) in [5.74, 6) is 0.344. The Morgan fingerprint density at radius 1 is 0.938 bits per heavy atom. The van der Waals surface area contributed by atoms with E-state index in [0.717, 1.165) is 22.5 Å². The Kier molecular flexibility index (Phi) is 7.27. The highest BCUT2D eigenvalue weighted by Gasteiger charge is 2.33. The Balaban J connectivity index is 1.89. The zero-order valence-corrected chi connectivity index (χ0v) is 19.1. The molecule has 0 fully saturated rings. The number of ether oxygens (including phenoxy) is 1. The number of benzene rings is 3. The maximum absolute atomic E-state index is 13.1. The predicted molar refractivity (Wildman–Crippen MR) is 119 cm³/mol. The van der Waals surface area contributed by atoms with Crippen LogP contribution in [0.1, 0.15) is 18.1 Å². The van der Waals surface area contributed by atoms with E-state index in [2.05, 4.69) is 0 Å². The summed E-state index contributed by atoms with van der Waals surface area (Å²) in [5.41, 5.74) is -0.221. The quantitative estimate of drug-likeness (QED) is 0.355. The van der Waals surface area contributed by atoms with Gasteiger partial charge >= 0.3 is 6.18 Å². The van der Waals surface area contributed by atoms with E-state index in [1.165, 1.54) is 12.1 Å². The molecule has 4 nitrogen and oxygen atoms in total. The second-order valence-electron chi connectivity index (χ2n) is 6.68. The average molecular weight is 504 g/mol. The standard InChI is InChI=1S/C22H18Cl2F3NO3S/c1-2-28(32(29,30)18-9-3-6-15(12-18)22(25,26)27)16-7-4-8-17(13-16)31-14-19-20(23)10-5-11-21(19)24/h3-13H,2,14H2,1H3. The van der Waals surface area contributed by atoms with E-state index >= 15 is 0 Å². The SMILES string of the molecule is CCN(c1cccc(OCc2c(Cl)cccc2Cl)c1)S(=O)(=O)c1cccc(C(F)(F)F)c1. The van der Waals surface area contributed by atoms with Crippen LogP contribution in [0.15, 0.2) is 71.6 Å². The van der Waals surface area contributed by atoms with E-state index in [4.69, 9.17) is 27.9 Å². The lowest BCUT2D eigenvalue weighted by molar-refractivity contribution is -0.137.